The zero-order valence-corrected chi connectivity index (χ0v) is 10.7. The van der Waals surface area contributed by atoms with Crippen LogP contribution in [0.3, 0.4) is 0 Å². The lowest BCUT2D eigenvalue weighted by Gasteiger charge is -2.17. The molecule has 1 heterocycles. The van der Waals surface area contributed by atoms with E-state index < -0.39 is 23.3 Å². The smallest absolute Gasteiger partial charge is 0.197 e. The Morgan fingerprint density at radius 3 is 1.71 bits per heavy atom. The van der Waals surface area contributed by atoms with Gasteiger partial charge in [-0.2, -0.15) is 0 Å². The molecule has 0 saturated heterocycles. The molecule has 0 amide bonds. The van der Waals surface area contributed by atoms with Crippen molar-refractivity contribution in [3.05, 3.63) is 64.2 Å². The van der Waals surface area contributed by atoms with Crippen LogP contribution < -0.4 is 4.90 Å². The molecule has 1 aliphatic heterocycles. The first-order valence-corrected chi connectivity index (χ1v) is 6.16. The first-order chi connectivity index (χ1) is 10.0. The molecular weight excluding hydrogens is 286 g/mol. The van der Waals surface area contributed by atoms with Crippen molar-refractivity contribution in [1.29, 1.82) is 0 Å². The van der Waals surface area contributed by atoms with Crippen LogP contribution in [0.25, 0.3) is 0 Å². The number of hydrogen-bond donors (Lipinski definition) is 0. The highest BCUT2D eigenvalue weighted by Gasteiger charge is 2.31. The molecular formula is C15H9F4NO. The minimum atomic E-state index is -1.79. The third kappa shape index (κ3) is 2.07. The van der Waals surface area contributed by atoms with Gasteiger partial charge in [-0.05, 0) is 24.3 Å². The maximum atomic E-state index is 13.7. The summed E-state index contributed by atoms with van der Waals surface area (Å²) in [7, 11) is 0. The molecule has 2 aromatic rings. The van der Waals surface area contributed by atoms with E-state index in [4.69, 9.17) is 0 Å². The first-order valence-electron chi connectivity index (χ1n) is 6.16. The number of rotatable bonds is 2. The molecule has 3 rings (SSSR count). The molecule has 0 atom stereocenters. The van der Waals surface area contributed by atoms with Crippen LogP contribution in [0.15, 0.2) is 24.3 Å². The van der Waals surface area contributed by atoms with Gasteiger partial charge in [-0.25, -0.2) is 17.6 Å². The SMILES string of the molecule is O=Cc1ccc(N2Cc3c(F)c(F)c(F)c(F)c3C2)cc1. The molecule has 2 aromatic carbocycles. The molecule has 0 radical (unpaired) electrons. The van der Waals surface area contributed by atoms with Crippen molar-refractivity contribution in [2.75, 3.05) is 4.90 Å². The highest BCUT2D eigenvalue weighted by Crippen LogP contribution is 2.34. The molecule has 21 heavy (non-hydrogen) atoms. The summed E-state index contributed by atoms with van der Waals surface area (Å²) in [6, 6.07) is 6.33. The predicted molar refractivity (Wildman–Crippen MR) is 68.0 cm³/mol. The zero-order chi connectivity index (χ0) is 15.1. The number of benzene rings is 2. The second-order valence-electron chi connectivity index (χ2n) is 4.78. The summed E-state index contributed by atoms with van der Waals surface area (Å²) in [6.45, 7) is -0.120. The molecule has 0 bridgehead atoms. The van der Waals surface area contributed by atoms with Crippen LogP contribution in [-0.4, -0.2) is 6.29 Å². The van der Waals surface area contributed by atoms with Crippen LogP contribution in [0.1, 0.15) is 21.5 Å². The molecule has 0 spiro atoms. The lowest BCUT2D eigenvalue weighted by Crippen LogP contribution is -2.14. The van der Waals surface area contributed by atoms with Gasteiger partial charge in [0.15, 0.2) is 23.3 Å². The monoisotopic (exact) mass is 295 g/mol. The third-order valence-electron chi connectivity index (χ3n) is 3.56. The fourth-order valence-corrected chi connectivity index (χ4v) is 2.44. The Balaban J connectivity index is 1.99. The van der Waals surface area contributed by atoms with Crippen molar-refractivity contribution in [2.45, 2.75) is 13.1 Å². The molecule has 6 heteroatoms. The average Bonchev–Trinajstić information content (AvgIpc) is 2.96. The Hall–Kier alpha value is -2.37. The largest absolute Gasteiger partial charge is 0.363 e. The lowest BCUT2D eigenvalue weighted by molar-refractivity contribution is 0.112. The van der Waals surface area contributed by atoms with Gasteiger partial charge in [0.25, 0.3) is 0 Å². The molecule has 0 fully saturated rings. The van der Waals surface area contributed by atoms with E-state index in [0.29, 0.717) is 17.5 Å². The molecule has 0 aromatic heterocycles. The zero-order valence-electron chi connectivity index (χ0n) is 10.7. The van der Waals surface area contributed by atoms with Gasteiger partial charge in [0.1, 0.15) is 6.29 Å². The fourth-order valence-electron chi connectivity index (χ4n) is 2.44. The number of carbonyl (C=O) groups is 1. The van der Waals surface area contributed by atoms with Gasteiger partial charge in [0.2, 0.25) is 0 Å². The highest BCUT2D eigenvalue weighted by atomic mass is 19.2. The number of nitrogens with zero attached hydrogens (tertiary/aromatic N) is 1. The summed E-state index contributed by atoms with van der Waals surface area (Å²) in [6.07, 6.45) is 0.673. The van der Waals surface area contributed by atoms with E-state index in [1.165, 1.54) is 0 Å². The summed E-state index contributed by atoms with van der Waals surface area (Å²) >= 11 is 0. The summed E-state index contributed by atoms with van der Waals surface area (Å²) in [5, 5.41) is 0. The minimum Gasteiger partial charge on any atom is -0.363 e. The van der Waals surface area contributed by atoms with E-state index in [-0.39, 0.29) is 24.2 Å². The Morgan fingerprint density at radius 2 is 1.29 bits per heavy atom. The highest BCUT2D eigenvalue weighted by molar-refractivity contribution is 5.75. The summed E-state index contributed by atoms with van der Waals surface area (Å²) in [5.41, 5.74) is 0.720. The van der Waals surface area contributed by atoms with Gasteiger partial charge in [-0.3, -0.25) is 4.79 Å². The quantitative estimate of drug-likeness (QED) is 0.365. The van der Waals surface area contributed by atoms with Gasteiger partial charge < -0.3 is 4.90 Å². The van der Waals surface area contributed by atoms with Crippen LogP contribution in [0.2, 0.25) is 0 Å². The van der Waals surface area contributed by atoms with Gasteiger partial charge in [-0.1, -0.05) is 0 Å². The number of aldehydes is 1. The van der Waals surface area contributed by atoms with Crippen molar-refractivity contribution < 1.29 is 22.4 Å². The lowest BCUT2D eigenvalue weighted by atomic mass is 10.1. The van der Waals surface area contributed by atoms with Crippen LogP contribution in [0.5, 0.6) is 0 Å². The van der Waals surface area contributed by atoms with Crippen LogP contribution in [0, 0.1) is 23.3 Å². The number of halogens is 4. The molecule has 2 nitrogen and oxygen atoms in total. The van der Waals surface area contributed by atoms with Crippen molar-refractivity contribution in [3.63, 3.8) is 0 Å². The Bertz CT molecular complexity index is 691. The van der Waals surface area contributed by atoms with Crippen molar-refractivity contribution in [1.82, 2.24) is 0 Å². The van der Waals surface area contributed by atoms with Crippen molar-refractivity contribution in [3.8, 4) is 0 Å². The number of anilines is 1. The van der Waals surface area contributed by atoms with Gasteiger partial charge in [-0.15, -0.1) is 0 Å². The topological polar surface area (TPSA) is 20.3 Å². The number of hydrogen-bond acceptors (Lipinski definition) is 2. The van der Waals surface area contributed by atoms with Crippen LogP contribution in [-0.2, 0) is 13.1 Å². The molecule has 108 valence electrons. The second-order valence-corrected chi connectivity index (χ2v) is 4.78. The first kappa shape index (κ1) is 13.6. The van der Waals surface area contributed by atoms with Crippen molar-refractivity contribution >= 4 is 12.0 Å². The van der Waals surface area contributed by atoms with Gasteiger partial charge in [0, 0.05) is 35.5 Å². The maximum Gasteiger partial charge on any atom is 0.197 e. The van der Waals surface area contributed by atoms with E-state index >= 15 is 0 Å². The van der Waals surface area contributed by atoms with E-state index in [1.54, 1.807) is 29.2 Å². The molecule has 1 aliphatic rings. The summed E-state index contributed by atoms with van der Waals surface area (Å²) < 4.78 is 53.8. The van der Waals surface area contributed by atoms with Crippen LogP contribution >= 0.6 is 0 Å². The molecule has 0 aliphatic carbocycles. The molecule has 0 N–H and O–H groups in total. The van der Waals surface area contributed by atoms with E-state index in [0.717, 1.165) is 0 Å². The minimum absolute atomic E-state index is 0.0598. The summed E-state index contributed by atoms with van der Waals surface area (Å²) in [4.78, 5) is 12.2. The Kier molecular flexibility index (Phi) is 3.16. The Morgan fingerprint density at radius 1 is 0.810 bits per heavy atom. The van der Waals surface area contributed by atoms with Gasteiger partial charge in [0.05, 0.1) is 0 Å². The van der Waals surface area contributed by atoms with E-state index in [9.17, 15) is 22.4 Å². The van der Waals surface area contributed by atoms with Gasteiger partial charge >= 0.3 is 0 Å². The predicted octanol–water partition coefficient (Wildman–Crippen LogP) is 3.58. The third-order valence-corrected chi connectivity index (χ3v) is 3.56. The fraction of sp³-hybridized carbons (Fsp3) is 0.133. The second kappa shape index (κ2) is 4.87. The normalized spacial score (nSPS) is 13.4. The van der Waals surface area contributed by atoms with E-state index in [2.05, 4.69) is 0 Å². The van der Waals surface area contributed by atoms with E-state index in [1.807, 2.05) is 0 Å². The molecule has 0 unspecified atom stereocenters. The average molecular weight is 295 g/mol. The maximum absolute atomic E-state index is 13.7. The Labute approximate surface area is 117 Å². The van der Waals surface area contributed by atoms with Crippen LogP contribution in [0.4, 0.5) is 23.2 Å². The number of fused-ring (bicyclic) bond motifs is 1. The van der Waals surface area contributed by atoms with Crippen molar-refractivity contribution in [2.24, 2.45) is 0 Å². The number of carbonyl (C=O) groups excluding carboxylic acids is 1. The molecule has 0 saturated carbocycles. The standard InChI is InChI=1S/C15H9F4NO/c16-12-10-5-20(9-3-1-8(7-21)2-4-9)6-11(10)13(17)15(19)14(12)18/h1-4,7H,5-6H2. The summed E-state index contributed by atoms with van der Waals surface area (Å²) in [5.74, 6) is -6.28.